The predicted molar refractivity (Wildman–Crippen MR) is 101 cm³/mol. The average molecular weight is 367 g/mol. The van der Waals surface area contributed by atoms with Crippen molar-refractivity contribution in [3.63, 3.8) is 0 Å². The third-order valence-electron chi connectivity index (χ3n) is 3.44. The predicted octanol–water partition coefficient (Wildman–Crippen LogP) is 4.34. The van der Waals surface area contributed by atoms with Crippen molar-refractivity contribution in [2.45, 2.75) is 0 Å². The molecule has 2 amide bonds. The summed E-state index contributed by atoms with van der Waals surface area (Å²) >= 11 is 5.92. The topological polar surface area (TPSA) is 71.3 Å². The van der Waals surface area contributed by atoms with Crippen molar-refractivity contribution in [1.82, 2.24) is 5.32 Å². The van der Waals surface area contributed by atoms with E-state index in [1.807, 2.05) is 6.07 Å². The molecule has 5 nitrogen and oxygen atoms in total. The van der Waals surface area contributed by atoms with Gasteiger partial charge < -0.3 is 15.1 Å². The molecule has 0 saturated heterocycles. The Morgan fingerprint density at radius 3 is 2.46 bits per heavy atom. The van der Waals surface area contributed by atoms with Crippen LogP contribution in [0, 0.1) is 0 Å². The van der Waals surface area contributed by atoms with Crippen LogP contribution in [0.15, 0.2) is 83.1 Å². The normalized spacial score (nSPS) is 11.0. The quantitative estimate of drug-likeness (QED) is 0.660. The van der Waals surface area contributed by atoms with E-state index in [-0.39, 0.29) is 5.70 Å². The van der Waals surface area contributed by atoms with Gasteiger partial charge in [-0.25, -0.2) is 0 Å². The monoisotopic (exact) mass is 366 g/mol. The highest BCUT2D eigenvalue weighted by Gasteiger charge is 2.15. The van der Waals surface area contributed by atoms with E-state index in [4.69, 9.17) is 16.0 Å². The lowest BCUT2D eigenvalue weighted by Crippen LogP contribution is -2.30. The second kappa shape index (κ2) is 8.18. The Hall–Kier alpha value is -3.31. The van der Waals surface area contributed by atoms with Crippen LogP contribution >= 0.6 is 11.6 Å². The summed E-state index contributed by atoms with van der Waals surface area (Å²) in [5.74, 6) is -0.480. The lowest BCUT2D eigenvalue weighted by Gasteiger charge is -2.11. The van der Waals surface area contributed by atoms with Crippen LogP contribution in [0.1, 0.15) is 16.1 Å². The Bertz CT molecular complexity index is 935. The fraction of sp³-hybridized carbons (Fsp3) is 0. The smallest absolute Gasteiger partial charge is 0.272 e. The number of rotatable bonds is 5. The molecule has 0 unspecified atom stereocenters. The summed E-state index contributed by atoms with van der Waals surface area (Å²) < 4.78 is 5.24. The zero-order valence-electron chi connectivity index (χ0n) is 13.6. The minimum atomic E-state index is -0.469. The van der Waals surface area contributed by atoms with Gasteiger partial charge in [0, 0.05) is 22.3 Å². The first-order chi connectivity index (χ1) is 12.6. The van der Waals surface area contributed by atoms with E-state index in [0.717, 1.165) is 0 Å². The highest BCUT2D eigenvalue weighted by Crippen LogP contribution is 2.13. The summed E-state index contributed by atoms with van der Waals surface area (Å²) in [5.41, 5.74) is 1.00. The van der Waals surface area contributed by atoms with E-state index in [9.17, 15) is 9.59 Å². The number of anilines is 1. The molecule has 0 radical (unpaired) electrons. The Morgan fingerprint density at radius 2 is 1.77 bits per heavy atom. The SMILES string of the molecule is O=C(Nc1ccccc1)/C(=C/c1ccco1)NC(=O)c1cccc(Cl)c1. The molecule has 3 aromatic rings. The molecule has 1 aromatic heterocycles. The first-order valence-corrected chi connectivity index (χ1v) is 8.18. The van der Waals surface area contributed by atoms with E-state index < -0.39 is 11.8 Å². The van der Waals surface area contributed by atoms with Crippen LogP contribution in [0.4, 0.5) is 5.69 Å². The molecule has 0 aliphatic carbocycles. The summed E-state index contributed by atoms with van der Waals surface area (Å²) in [6.45, 7) is 0. The molecule has 26 heavy (non-hydrogen) atoms. The van der Waals surface area contributed by atoms with Crippen molar-refractivity contribution >= 4 is 35.2 Å². The van der Waals surface area contributed by atoms with Gasteiger partial charge >= 0.3 is 0 Å². The van der Waals surface area contributed by atoms with Gasteiger partial charge in [0.2, 0.25) is 0 Å². The Kier molecular flexibility index (Phi) is 5.51. The first-order valence-electron chi connectivity index (χ1n) is 7.80. The number of furan rings is 1. The van der Waals surface area contributed by atoms with Gasteiger partial charge in [-0.1, -0.05) is 35.9 Å². The first kappa shape index (κ1) is 17.5. The molecule has 0 bridgehead atoms. The molecule has 0 spiro atoms. The van der Waals surface area contributed by atoms with Crippen LogP contribution in [0.5, 0.6) is 0 Å². The zero-order chi connectivity index (χ0) is 18.4. The summed E-state index contributed by atoms with van der Waals surface area (Å²) in [6, 6.07) is 18.8. The molecule has 0 saturated carbocycles. The molecule has 2 aromatic carbocycles. The van der Waals surface area contributed by atoms with Crippen molar-refractivity contribution in [3.8, 4) is 0 Å². The van der Waals surface area contributed by atoms with Crippen molar-refractivity contribution in [3.05, 3.63) is 95.0 Å². The zero-order valence-corrected chi connectivity index (χ0v) is 14.4. The number of carbonyl (C=O) groups excluding carboxylic acids is 2. The average Bonchev–Trinajstić information content (AvgIpc) is 3.15. The standard InChI is InChI=1S/C20H15ClN2O3/c21-15-7-4-6-14(12-15)19(24)23-18(13-17-10-5-11-26-17)20(25)22-16-8-2-1-3-9-16/h1-13H,(H,22,25)(H,23,24)/b18-13-. The number of amides is 2. The van der Waals surface area contributed by atoms with Crippen LogP contribution < -0.4 is 10.6 Å². The summed E-state index contributed by atoms with van der Waals surface area (Å²) in [7, 11) is 0. The lowest BCUT2D eigenvalue weighted by atomic mass is 10.2. The van der Waals surface area contributed by atoms with Crippen LogP contribution in [-0.4, -0.2) is 11.8 Å². The second-order valence-electron chi connectivity index (χ2n) is 5.36. The van der Waals surface area contributed by atoms with Gasteiger partial charge in [0.05, 0.1) is 6.26 Å². The molecule has 0 atom stereocenters. The fourth-order valence-corrected chi connectivity index (χ4v) is 2.41. The molecule has 1 heterocycles. The molecule has 3 rings (SSSR count). The van der Waals surface area contributed by atoms with Gasteiger partial charge in [0.1, 0.15) is 11.5 Å². The Balaban J connectivity index is 1.84. The van der Waals surface area contributed by atoms with E-state index in [0.29, 0.717) is 22.0 Å². The summed E-state index contributed by atoms with van der Waals surface area (Å²) in [4.78, 5) is 25.1. The summed E-state index contributed by atoms with van der Waals surface area (Å²) in [6.07, 6.45) is 2.94. The summed E-state index contributed by atoms with van der Waals surface area (Å²) in [5, 5.41) is 5.78. The maximum atomic E-state index is 12.6. The largest absolute Gasteiger partial charge is 0.465 e. The minimum absolute atomic E-state index is 0.0498. The molecule has 130 valence electrons. The number of hydrogen-bond acceptors (Lipinski definition) is 3. The number of hydrogen-bond donors (Lipinski definition) is 2. The van der Waals surface area contributed by atoms with Crippen molar-refractivity contribution < 1.29 is 14.0 Å². The second-order valence-corrected chi connectivity index (χ2v) is 5.79. The van der Waals surface area contributed by atoms with Crippen LogP contribution in [0.3, 0.4) is 0 Å². The van der Waals surface area contributed by atoms with Crippen molar-refractivity contribution in [2.24, 2.45) is 0 Å². The number of nitrogens with one attached hydrogen (secondary N) is 2. The third-order valence-corrected chi connectivity index (χ3v) is 3.68. The number of para-hydroxylation sites is 1. The van der Waals surface area contributed by atoms with Crippen LogP contribution in [0.2, 0.25) is 5.02 Å². The van der Waals surface area contributed by atoms with Gasteiger partial charge in [-0.3, -0.25) is 9.59 Å². The van der Waals surface area contributed by atoms with Crippen molar-refractivity contribution in [2.75, 3.05) is 5.32 Å². The van der Waals surface area contributed by atoms with E-state index in [2.05, 4.69) is 10.6 Å². The molecule has 0 aliphatic heterocycles. The van der Waals surface area contributed by atoms with Crippen molar-refractivity contribution in [1.29, 1.82) is 0 Å². The molecule has 2 N–H and O–H groups in total. The van der Waals surface area contributed by atoms with Gasteiger partial charge in [0.25, 0.3) is 11.8 Å². The number of carbonyl (C=O) groups is 2. The van der Waals surface area contributed by atoms with E-state index >= 15 is 0 Å². The van der Waals surface area contributed by atoms with E-state index in [1.165, 1.54) is 18.4 Å². The van der Waals surface area contributed by atoms with Gasteiger partial charge in [-0.15, -0.1) is 0 Å². The van der Waals surface area contributed by atoms with Gasteiger partial charge in [-0.05, 0) is 42.5 Å². The fourth-order valence-electron chi connectivity index (χ4n) is 2.22. The minimum Gasteiger partial charge on any atom is -0.465 e. The molecule has 0 aliphatic rings. The van der Waals surface area contributed by atoms with Gasteiger partial charge in [0.15, 0.2) is 0 Å². The van der Waals surface area contributed by atoms with E-state index in [1.54, 1.807) is 54.6 Å². The number of benzene rings is 2. The molecule has 6 heteroatoms. The molecular formula is C20H15ClN2O3. The van der Waals surface area contributed by atoms with Crippen LogP contribution in [0.25, 0.3) is 6.08 Å². The third kappa shape index (κ3) is 4.62. The molecular weight excluding hydrogens is 352 g/mol. The molecule has 0 fully saturated rings. The maximum absolute atomic E-state index is 12.6. The highest BCUT2D eigenvalue weighted by atomic mass is 35.5. The Morgan fingerprint density at radius 1 is 0.962 bits per heavy atom. The number of halogens is 1. The Labute approximate surface area is 155 Å². The lowest BCUT2D eigenvalue weighted by molar-refractivity contribution is -0.113. The highest BCUT2D eigenvalue weighted by molar-refractivity contribution is 6.31. The van der Waals surface area contributed by atoms with Crippen LogP contribution in [-0.2, 0) is 4.79 Å². The maximum Gasteiger partial charge on any atom is 0.272 e. The van der Waals surface area contributed by atoms with Gasteiger partial charge in [-0.2, -0.15) is 0 Å².